The predicted molar refractivity (Wildman–Crippen MR) is 229 cm³/mol. The Bertz CT molecular complexity index is 1990. The van der Waals surface area contributed by atoms with Gasteiger partial charge in [-0.3, -0.25) is 4.79 Å². The summed E-state index contributed by atoms with van der Waals surface area (Å²) in [5.74, 6) is -0.110. The maximum Gasteiger partial charge on any atom is 0.239 e. The summed E-state index contributed by atoms with van der Waals surface area (Å²) in [5, 5.41) is 27.1. The van der Waals surface area contributed by atoms with Crippen LogP contribution >= 0.6 is 0 Å². The number of nitrogens with zero attached hydrogens (tertiary/aromatic N) is 2. The van der Waals surface area contributed by atoms with E-state index < -0.39 is 17.4 Å². The van der Waals surface area contributed by atoms with Crippen LogP contribution in [0.2, 0.25) is 0 Å². The van der Waals surface area contributed by atoms with E-state index in [9.17, 15) is 15.0 Å². The summed E-state index contributed by atoms with van der Waals surface area (Å²) >= 11 is 0. The average molecular weight is 791 g/mol. The normalized spacial score (nSPS) is 25.6. The second-order valence-corrected chi connectivity index (χ2v) is 17.5. The average Bonchev–Trinajstić information content (AvgIpc) is 4.07. The number of carbonyl (C=O) groups is 1. The Morgan fingerprint density at radius 3 is 2.43 bits per heavy atom. The van der Waals surface area contributed by atoms with Gasteiger partial charge in [-0.15, -0.1) is 6.58 Å². The number of unbranched alkanes of at least 4 members (excludes halogenated alkanes) is 2. The lowest BCUT2D eigenvalue weighted by Gasteiger charge is -2.60. The van der Waals surface area contributed by atoms with Crippen LogP contribution in [0.3, 0.4) is 0 Å². The second-order valence-electron chi connectivity index (χ2n) is 17.5. The molecule has 1 heterocycles. The fraction of sp³-hybridized carbons (Fsp3) is 0.510. The topological polar surface area (TPSA) is 110 Å². The Hall–Kier alpha value is -4.44. The van der Waals surface area contributed by atoms with Crippen LogP contribution < -0.4 is 9.47 Å². The molecule has 9 nitrogen and oxygen atoms in total. The van der Waals surface area contributed by atoms with Crippen LogP contribution in [-0.4, -0.2) is 70.6 Å². The first-order valence-corrected chi connectivity index (χ1v) is 21.4. The third-order valence-electron chi connectivity index (χ3n) is 12.2. The number of oxime groups is 1. The minimum absolute atomic E-state index is 0.0701. The van der Waals surface area contributed by atoms with Crippen LogP contribution in [0.15, 0.2) is 103 Å². The number of hydrogen-bond acceptors (Lipinski definition) is 8. The predicted octanol–water partition coefficient (Wildman–Crippen LogP) is 9.28. The fourth-order valence-electron chi connectivity index (χ4n) is 9.61. The van der Waals surface area contributed by atoms with Crippen molar-refractivity contribution in [2.24, 2.45) is 28.8 Å². The van der Waals surface area contributed by atoms with E-state index in [0.29, 0.717) is 38.2 Å². The lowest BCUT2D eigenvalue weighted by atomic mass is 9.55. The first kappa shape index (κ1) is 41.7. The van der Waals surface area contributed by atoms with Crippen molar-refractivity contribution in [3.8, 4) is 11.5 Å². The van der Waals surface area contributed by atoms with Gasteiger partial charge in [0.25, 0.3) is 0 Å². The third-order valence-corrected chi connectivity index (χ3v) is 12.2. The fourth-order valence-corrected chi connectivity index (χ4v) is 9.61. The Labute approximate surface area is 344 Å². The molecule has 3 aromatic carbocycles. The molecule has 4 aliphatic rings. The molecule has 0 bridgehead atoms. The maximum atomic E-state index is 15.0. The van der Waals surface area contributed by atoms with E-state index in [2.05, 4.69) is 61.7 Å². The highest BCUT2D eigenvalue weighted by Gasteiger charge is 2.66. The number of fused-ring (bicyclic) bond motifs is 3. The zero-order valence-corrected chi connectivity index (χ0v) is 34.6. The lowest BCUT2D eigenvalue weighted by Crippen LogP contribution is -2.70. The number of aliphatic hydroxyl groups is 2. The minimum atomic E-state index is -1.32. The van der Waals surface area contributed by atoms with Gasteiger partial charge in [-0.25, -0.2) is 0 Å². The molecule has 2 fully saturated rings. The van der Waals surface area contributed by atoms with Crippen molar-refractivity contribution in [1.82, 2.24) is 4.90 Å². The van der Waals surface area contributed by atoms with E-state index in [0.717, 1.165) is 77.5 Å². The number of benzene rings is 3. The Balaban J connectivity index is 1.48. The van der Waals surface area contributed by atoms with Crippen molar-refractivity contribution >= 4 is 22.4 Å². The summed E-state index contributed by atoms with van der Waals surface area (Å²) in [5.41, 5.74) is 3.35. The van der Waals surface area contributed by atoms with Crippen LogP contribution in [0, 0.1) is 23.7 Å². The lowest BCUT2D eigenvalue weighted by molar-refractivity contribution is -0.258. The molecular formula is C49H62N2O7. The summed E-state index contributed by atoms with van der Waals surface area (Å²) in [7, 11) is 0. The molecule has 0 unspecified atom stereocenters. The highest BCUT2D eigenvalue weighted by atomic mass is 16.7. The number of amides is 1. The summed E-state index contributed by atoms with van der Waals surface area (Å²) in [6.45, 7) is 15.2. The van der Waals surface area contributed by atoms with Gasteiger partial charge in [0.2, 0.25) is 11.7 Å². The van der Waals surface area contributed by atoms with Gasteiger partial charge in [0.05, 0.1) is 18.2 Å². The molecule has 1 aliphatic heterocycles. The van der Waals surface area contributed by atoms with Crippen molar-refractivity contribution in [3.05, 3.63) is 109 Å². The van der Waals surface area contributed by atoms with E-state index in [1.165, 1.54) is 0 Å². The summed E-state index contributed by atoms with van der Waals surface area (Å²) in [6.07, 6.45) is 12.8. The van der Waals surface area contributed by atoms with Crippen LogP contribution in [0.25, 0.3) is 10.8 Å². The van der Waals surface area contributed by atoms with E-state index in [4.69, 9.17) is 24.2 Å². The number of rotatable bonds is 19. The molecule has 9 heteroatoms. The zero-order valence-electron chi connectivity index (χ0n) is 34.6. The highest BCUT2D eigenvalue weighted by Crippen LogP contribution is 2.62. The smallest absolute Gasteiger partial charge is 0.239 e. The van der Waals surface area contributed by atoms with Crippen molar-refractivity contribution in [3.63, 3.8) is 0 Å². The number of aliphatic hydroxyl groups excluding tert-OH is 2. The van der Waals surface area contributed by atoms with Crippen LogP contribution in [0.4, 0.5) is 0 Å². The van der Waals surface area contributed by atoms with E-state index in [-0.39, 0.29) is 55.3 Å². The molecule has 2 saturated carbocycles. The van der Waals surface area contributed by atoms with Gasteiger partial charge >= 0.3 is 0 Å². The van der Waals surface area contributed by atoms with Crippen LogP contribution in [0.5, 0.6) is 11.5 Å². The molecule has 310 valence electrons. The number of hydrogen-bond donors (Lipinski definition) is 2. The van der Waals surface area contributed by atoms with Crippen molar-refractivity contribution in [2.45, 2.75) is 108 Å². The highest BCUT2D eigenvalue weighted by molar-refractivity contribution is 6.03. The van der Waals surface area contributed by atoms with Crippen molar-refractivity contribution in [1.29, 1.82) is 0 Å². The minimum Gasteiger partial charge on any atom is -0.490 e. The Kier molecular flexibility index (Phi) is 13.1. The van der Waals surface area contributed by atoms with Crippen molar-refractivity contribution in [2.75, 3.05) is 26.4 Å². The van der Waals surface area contributed by atoms with Gasteiger partial charge in [-0.1, -0.05) is 85.3 Å². The number of ether oxygens (including phenoxy) is 3. The maximum absolute atomic E-state index is 15.0. The molecule has 6 atom stereocenters. The molecule has 58 heavy (non-hydrogen) atoms. The summed E-state index contributed by atoms with van der Waals surface area (Å²) in [6, 6.07) is 20.1. The van der Waals surface area contributed by atoms with Gasteiger partial charge in [-0.2, -0.15) is 0 Å². The first-order valence-electron chi connectivity index (χ1n) is 21.4. The largest absolute Gasteiger partial charge is 0.490 e. The van der Waals surface area contributed by atoms with E-state index in [1.807, 2.05) is 43.9 Å². The van der Waals surface area contributed by atoms with E-state index >= 15 is 0 Å². The molecule has 7 rings (SSSR count). The Morgan fingerprint density at radius 2 is 1.71 bits per heavy atom. The molecular weight excluding hydrogens is 729 g/mol. The third kappa shape index (κ3) is 8.77. The molecule has 0 spiro atoms. The molecule has 3 aliphatic carbocycles. The Morgan fingerprint density at radius 1 is 0.966 bits per heavy atom. The molecule has 1 amide bonds. The second kappa shape index (κ2) is 18.2. The number of carbonyl (C=O) groups excluding carboxylic acids is 1. The van der Waals surface area contributed by atoms with Crippen LogP contribution in [-0.2, 0) is 20.9 Å². The van der Waals surface area contributed by atoms with E-state index in [1.54, 1.807) is 12.2 Å². The van der Waals surface area contributed by atoms with Gasteiger partial charge in [0, 0.05) is 43.6 Å². The molecule has 3 aromatic rings. The molecule has 0 aromatic heterocycles. The summed E-state index contributed by atoms with van der Waals surface area (Å²) in [4.78, 5) is 23.3. The summed E-state index contributed by atoms with van der Waals surface area (Å²) < 4.78 is 20.8. The van der Waals surface area contributed by atoms with Crippen LogP contribution in [0.1, 0.15) is 95.6 Å². The molecule has 0 saturated heterocycles. The zero-order chi connectivity index (χ0) is 40.9. The quantitative estimate of drug-likeness (QED) is 0.0708. The SMILES string of the molecule is C=CCOc1ccc2c(c1)[C@H]1[C@H](CCCCO)[C@@H](CCCCO)C=C3C(=NOC(C)(C)C)C[C@H](N(Cc4cccc5ccccc45)C(=O)C4CC4)[C@@](OCC=C)(O2)[C@H]31. The molecule has 0 radical (unpaired) electrons. The number of allylic oxidation sites excluding steroid dienone is 1. The van der Waals surface area contributed by atoms with Gasteiger partial charge in [0.15, 0.2) is 0 Å². The molecule has 2 N–H and O–H groups in total. The van der Waals surface area contributed by atoms with Gasteiger partial charge in [-0.05, 0) is 111 Å². The first-order chi connectivity index (χ1) is 28.1. The standard InChI is InChI=1S/C49H62N2O7/c1-6-27-55-37-23-24-43-41(30-37)45-39(20-11-13-26-53)35(16-10-12-25-52)29-40-42(50-58-48(3,4)5)31-44(49(57-43,46(40)45)56-28-7-2)51(47(54)34-21-22-34)32-36-18-14-17-33-15-8-9-19-38(33)36/h6-9,14-15,17-19,23-24,29-30,34-35,39,44-46,52-53H,1-2,10-13,16,20-22,25-28,31-32H2,3-5H3/t35-,39+,44-,45+,46+,49+/m0/s1. The monoisotopic (exact) mass is 790 g/mol. The van der Waals surface area contributed by atoms with Gasteiger partial charge in [0.1, 0.15) is 29.7 Å². The van der Waals surface area contributed by atoms with Gasteiger partial charge < -0.3 is 34.2 Å². The van der Waals surface area contributed by atoms with Crippen molar-refractivity contribution < 1.29 is 34.1 Å².